The van der Waals surface area contributed by atoms with Crippen LogP contribution < -0.4 is 0 Å². The molecule has 0 aliphatic rings. The van der Waals surface area contributed by atoms with Crippen LogP contribution in [0.3, 0.4) is 0 Å². The number of nitrogens with zero attached hydrogens (tertiary/aromatic N) is 3. The molecule has 0 aliphatic carbocycles. The minimum atomic E-state index is -1.39. The van der Waals surface area contributed by atoms with Gasteiger partial charge >= 0.3 is 0 Å². The van der Waals surface area contributed by atoms with Crippen molar-refractivity contribution in [1.82, 2.24) is 0 Å². The number of hydrogen-bond donors (Lipinski definition) is 4. The molecule has 0 spiro atoms. The average Bonchev–Trinajstić information content (AvgIpc) is 2.32. The van der Waals surface area contributed by atoms with Crippen LogP contribution in [0, 0.1) is 6.92 Å². The van der Waals surface area contributed by atoms with Crippen LogP contribution in [0.4, 0.5) is 0 Å². The van der Waals surface area contributed by atoms with Gasteiger partial charge in [-0.25, -0.2) is 0 Å². The molecule has 17 heavy (non-hydrogen) atoms. The maximum atomic E-state index is 9.74. The minimum Gasteiger partial charge on any atom is -0.508 e. The molecular weight excluding hydrogens is 226 g/mol. The highest BCUT2D eigenvalue weighted by Crippen LogP contribution is 2.34. The van der Waals surface area contributed by atoms with E-state index < -0.39 is 12.2 Å². The van der Waals surface area contributed by atoms with Gasteiger partial charge in [0, 0.05) is 16.0 Å². The van der Waals surface area contributed by atoms with Crippen LogP contribution in [0.2, 0.25) is 0 Å². The fourth-order valence-corrected chi connectivity index (χ4v) is 1.38. The number of phenolic OH excluding ortho intramolecular Hbond substituents is 2. The van der Waals surface area contributed by atoms with E-state index in [2.05, 4.69) is 10.0 Å². The van der Waals surface area contributed by atoms with Gasteiger partial charge in [-0.05, 0) is 24.6 Å². The van der Waals surface area contributed by atoms with E-state index >= 15 is 0 Å². The zero-order valence-electron chi connectivity index (χ0n) is 9.15. The molecule has 2 unspecified atom stereocenters. The molecule has 2 atom stereocenters. The van der Waals surface area contributed by atoms with E-state index in [4.69, 9.17) is 5.53 Å². The summed E-state index contributed by atoms with van der Waals surface area (Å²) < 4.78 is 0. The maximum Gasteiger partial charge on any atom is 0.128 e. The fraction of sp³-hybridized carbons (Fsp3) is 0.400. The third-order valence-corrected chi connectivity index (χ3v) is 2.45. The third kappa shape index (κ3) is 2.79. The van der Waals surface area contributed by atoms with Gasteiger partial charge in [0.1, 0.15) is 17.6 Å². The van der Waals surface area contributed by atoms with E-state index in [0.29, 0.717) is 0 Å². The first-order valence-corrected chi connectivity index (χ1v) is 4.87. The van der Waals surface area contributed by atoms with Gasteiger partial charge in [-0.15, -0.1) is 0 Å². The van der Waals surface area contributed by atoms with E-state index in [1.165, 1.54) is 19.1 Å². The molecule has 0 aliphatic heterocycles. The first-order valence-electron chi connectivity index (χ1n) is 4.87. The van der Waals surface area contributed by atoms with Crippen LogP contribution >= 0.6 is 0 Å². The van der Waals surface area contributed by atoms with Crippen LogP contribution in [0.15, 0.2) is 17.2 Å². The van der Waals surface area contributed by atoms with Gasteiger partial charge < -0.3 is 20.4 Å². The van der Waals surface area contributed by atoms with Crippen LogP contribution in [0.25, 0.3) is 10.4 Å². The third-order valence-electron chi connectivity index (χ3n) is 2.45. The number of aliphatic hydroxyl groups excluding tert-OH is 2. The molecule has 0 amide bonds. The van der Waals surface area contributed by atoms with Crippen molar-refractivity contribution in [3.8, 4) is 11.5 Å². The van der Waals surface area contributed by atoms with Crippen molar-refractivity contribution in [2.45, 2.75) is 19.1 Å². The zero-order valence-corrected chi connectivity index (χ0v) is 9.15. The van der Waals surface area contributed by atoms with Gasteiger partial charge in [0.05, 0.1) is 12.6 Å². The number of aliphatic hydroxyl groups is 2. The molecule has 0 radical (unpaired) electrons. The van der Waals surface area contributed by atoms with Gasteiger partial charge in [-0.3, -0.25) is 0 Å². The molecule has 92 valence electrons. The topological polar surface area (TPSA) is 130 Å². The zero-order chi connectivity index (χ0) is 13.0. The molecule has 0 heterocycles. The number of azide groups is 1. The predicted molar refractivity (Wildman–Crippen MR) is 59.5 cm³/mol. The summed E-state index contributed by atoms with van der Waals surface area (Å²) in [6.07, 6.45) is -2.71. The van der Waals surface area contributed by atoms with Gasteiger partial charge in [0.15, 0.2) is 0 Å². The number of rotatable bonds is 4. The molecule has 1 aromatic rings. The summed E-state index contributed by atoms with van der Waals surface area (Å²) >= 11 is 0. The molecule has 7 heteroatoms. The van der Waals surface area contributed by atoms with Crippen molar-refractivity contribution in [1.29, 1.82) is 0 Å². The molecular formula is C10H13N3O4. The molecule has 0 saturated carbocycles. The van der Waals surface area contributed by atoms with Crippen molar-refractivity contribution < 1.29 is 20.4 Å². The second kappa shape index (κ2) is 5.40. The van der Waals surface area contributed by atoms with E-state index in [1.54, 1.807) is 0 Å². The van der Waals surface area contributed by atoms with Crippen molar-refractivity contribution >= 4 is 0 Å². The van der Waals surface area contributed by atoms with E-state index in [9.17, 15) is 20.4 Å². The van der Waals surface area contributed by atoms with Crippen LogP contribution in [-0.2, 0) is 0 Å². The molecule has 0 fully saturated rings. The van der Waals surface area contributed by atoms with Gasteiger partial charge in [-0.1, -0.05) is 5.11 Å². The second-order valence-corrected chi connectivity index (χ2v) is 3.57. The number of aromatic hydroxyl groups is 2. The summed E-state index contributed by atoms with van der Waals surface area (Å²) in [5.74, 6) is -0.402. The number of benzene rings is 1. The van der Waals surface area contributed by atoms with Gasteiger partial charge in [-0.2, -0.15) is 0 Å². The van der Waals surface area contributed by atoms with Crippen LogP contribution in [0.1, 0.15) is 17.2 Å². The maximum absolute atomic E-state index is 9.74. The van der Waals surface area contributed by atoms with E-state index in [1.807, 2.05) is 0 Å². The lowest BCUT2D eigenvalue weighted by Crippen LogP contribution is -2.21. The number of hydrogen-bond acceptors (Lipinski definition) is 5. The summed E-state index contributed by atoms with van der Waals surface area (Å²) in [5, 5.41) is 41.4. The normalized spacial score (nSPS) is 13.8. The first kappa shape index (κ1) is 13.1. The lowest BCUT2D eigenvalue weighted by Gasteiger charge is -2.18. The Bertz CT molecular complexity index is 457. The Morgan fingerprint density at radius 1 is 1.35 bits per heavy atom. The second-order valence-electron chi connectivity index (χ2n) is 3.57. The van der Waals surface area contributed by atoms with Gasteiger partial charge in [0.25, 0.3) is 0 Å². The van der Waals surface area contributed by atoms with Crippen molar-refractivity contribution in [2.75, 3.05) is 6.54 Å². The average molecular weight is 239 g/mol. The molecule has 4 N–H and O–H groups in total. The molecule has 1 aromatic carbocycles. The van der Waals surface area contributed by atoms with Crippen LogP contribution in [-0.4, -0.2) is 33.1 Å². The predicted octanol–water partition coefficient (Wildman–Crippen LogP) is 1.11. The molecule has 0 bridgehead atoms. The highest BCUT2D eigenvalue weighted by molar-refractivity contribution is 5.48. The highest BCUT2D eigenvalue weighted by Gasteiger charge is 2.22. The van der Waals surface area contributed by atoms with Crippen LogP contribution in [0.5, 0.6) is 11.5 Å². The van der Waals surface area contributed by atoms with Crippen molar-refractivity contribution in [3.05, 3.63) is 33.7 Å². The van der Waals surface area contributed by atoms with Crippen molar-refractivity contribution in [2.24, 2.45) is 5.11 Å². The Kier molecular flexibility index (Phi) is 4.17. The SMILES string of the molecule is Cc1c(O)ccc(C(O)C(O)CN=[N+]=[N-])c1O. The molecule has 0 aromatic heterocycles. The largest absolute Gasteiger partial charge is 0.508 e. The van der Waals surface area contributed by atoms with E-state index in [0.717, 1.165) is 0 Å². The highest BCUT2D eigenvalue weighted by atomic mass is 16.3. The molecule has 1 rings (SSSR count). The fourth-order valence-electron chi connectivity index (χ4n) is 1.38. The summed E-state index contributed by atoms with van der Waals surface area (Å²) in [7, 11) is 0. The lowest BCUT2D eigenvalue weighted by atomic mass is 10.0. The Morgan fingerprint density at radius 2 is 2.00 bits per heavy atom. The summed E-state index contributed by atoms with van der Waals surface area (Å²) in [6.45, 7) is 1.16. The van der Waals surface area contributed by atoms with Gasteiger partial charge in [0.2, 0.25) is 0 Å². The quantitative estimate of drug-likeness (QED) is 0.356. The lowest BCUT2D eigenvalue weighted by molar-refractivity contribution is 0.0229. The molecule has 0 saturated heterocycles. The Hall–Kier alpha value is -1.95. The number of phenols is 2. The first-order chi connectivity index (χ1) is 7.99. The minimum absolute atomic E-state index is 0.0703. The smallest absolute Gasteiger partial charge is 0.128 e. The summed E-state index contributed by atoms with van der Waals surface area (Å²) in [5.41, 5.74) is 8.36. The monoisotopic (exact) mass is 239 g/mol. The van der Waals surface area contributed by atoms with Crippen molar-refractivity contribution in [3.63, 3.8) is 0 Å². The van der Waals surface area contributed by atoms with E-state index in [-0.39, 0.29) is 29.2 Å². The molecule has 7 nitrogen and oxygen atoms in total. The summed E-state index contributed by atoms with van der Waals surface area (Å²) in [4.78, 5) is 2.46. The standard InChI is InChI=1S/C10H13N3O4/c1-5-7(14)3-2-6(9(5)16)10(17)8(15)4-12-13-11/h2-3,8,10,14-17H,4H2,1H3. The summed E-state index contributed by atoms with van der Waals surface area (Å²) in [6, 6.07) is 2.59. The Labute approximate surface area is 97.2 Å². The Balaban J connectivity index is 3.00. The Morgan fingerprint density at radius 3 is 2.59 bits per heavy atom.